The Morgan fingerprint density at radius 1 is 1.26 bits per heavy atom. The van der Waals surface area contributed by atoms with Crippen LogP contribution in [0.4, 0.5) is 0 Å². The van der Waals surface area contributed by atoms with Crippen molar-refractivity contribution in [2.75, 3.05) is 26.2 Å². The van der Waals surface area contributed by atoms with Gasteiger partial charge in [-0.1, -0.05) is 26.8 Å². The van der Waals surface area contributed by atoms with Crippen molar-refractivity contribution < 1.29 is 4.79 Å². The van der Waals surface area contributed by atoms with Crippen molar-refractivity contribution in [3.63, 3.8) is 0 Å². The number of rotatable bonds is 3. The molecule has 2 heterocycles. The van der Waals surface area contributed by atoms with E-state index in [0.717, 1.165) is 32.7 Å². The number of hydrogen-bond donors (Lipinski definition) is 0. The van der Waals surface area contributed by atoms with Gasteiger partial charge in [-0.3, -0.25) is 9.69 Å². The van der Waals surface area contributed by atoms with Gasteiger partial charge >= 0.3 is 0 Å². The maximum absolute atomic E-state index is 12.1. The van der Waals surface area contributed by atoms with Crippen molar-refractivity contribution in [1.29, 1.82) is 0 Å². The van der Waals surface area contributed by atoms with E-state index in [2.05, 4.69) is 43.2 Å². The van der Waals surface area contributed by atoms with Crippen molar-refractivity contribution in [3.8, 4) is 0 Å². The molecule has 1 aliphatic heterocycles. The lowest BCUT2D eigenvalue weighted by Gasteiger charge is -2.35. The molecule has 0 aromatic carbocycles. The van der Waals surface area contributed by atoms with Gasteiger partial charge in [0.15, 0.2) is 0 Å². The molecule has 0 radical (unpaired) electrons. The Hall–Kier alpha value is -0.870. The molecule has 1 fully saturated rings. The summed E-state index contributed by atoms with van der Waals surface area (Å²) in [6.07, 6.45) is 0.651. The first kappa shape index (κ1) is 14.5. The maximum atomic E-state index is 12.1. The molecule has 2 rings (SSSR count). The Labute approximate surface area is 120 Å². The summed E-state index contributed by atoms with van der Waals surface area (Å²) in [7, 11) is 0. The van der Waals surface area contributed by atoms with Crippen LogP contribution in [-0.2, 0) is 11.3 Å². The summed E-state index contributed by atoms with van der Waals surface area (Å²) >= 11 is 1.81. The SMILES string of the molecule is CC(C)(C)CC(=O)N1CCN(Cc2cccs2)CC1. The third-order valence-electron chi connectivity index (χ3n) is 3.37. The highest BCUT2D eigenvalue weighted by Gasteiger charge is 2.24. The van der Waals surface area contributed by atoms with Crippen LogP contribution < -0.4 is 0 Å². The molecule has 0 atom stereocenters. The Morgan fingerprint density at radius 2 is 1.95 bits per heavy atom. The van der Waals surface area contributed by atoms with E-state index < -0.39 is 0 Å². The van der Waals surface area contributed by atoms with Gasteiger partial charge in [0.1, 0.15) is 0 Å². The van der Waals surface area contributed by atoms with E-state index in [0.29, 0.717) is 12.3 Å². The van der Waals surface area contributed by atoms with Crippen LogP contribution in [0.5, 0.6) is 0 Å². The lowest BCUT2D eigenvalue weighted by molar-refractivity contribution is -0.134. The number of carbonyl (C=O) groups is 1. The fourth-order valence-electron chi connectivity index (χ4n) is 2.34. The van der Waals surface area contributed by atoms with E-state index in [-0.39, 0.29) is 5.41 Å². The second kappa shape index (κ2) is 6.06. The van der Waals surface area contributed by atoms with E-state index in [4.69, 9.17) is 0 Å². The molecule has 0 N–H and O–H groups in total. The molecule has 106 valence electrons. The molecule has 1 amide bonds. The van der Waals surface area contributed by atoms with Gasteiger partial charge < -0.3 is 4.90 Å². The average Bonchev–Trinajstić information content (AvgIpc) is 2.80. The fourth-order valence-corrected chi connectivity index (χ4v) is 3.09. The van der Waals surface area contributed by atoms with Gasteiger partial charge in [0.2, 0.25) is 5.91 Å². The molecule has 19 heavy (non-hydrogen) atoms. The molecule has 0 bridgehead atoms. The van der Waals surface area contributed by atoms with E-state index in [9.17, 15) is 4.79 Å². The quantitative estimate of drug-likeness (QED) is 0.850. The molecule has 1 aliphatic rings. The number of hydrogen-bond acceptors (Lipinski definition) is 3. The smallest absolute Gasteiger partial charge is 0.223 e. The monoisotopic (exact) mass is 280 g/mol. The van der Waals surface area contributed by atoms with Gasteiger partial charge in [0.25, 0.3) is 0 Å². The van der Waals surface area contributed by atoms with Gasteiger partial charge in [-0.05, 0) is 16.9 Å². The lowest BCUT2D eigenvalue weighted by Crippen LogP contribution is -2.48. The minimum absolute atomic E-state index is 0.0885. The zero-order valence-corrected chi connectivity index (χ0v) is 13.0. The van der Waals surface area contributed by atoms with Crippen molar-refractivity contribution in [2.24, 2.45) is 5.41 Å². The van der Waals surface area contributed by atoms with E-state index in [1.165, 1.54) is 4.88 Å². The van der Waals surface area contributed by atoms with Crippen LogP contribution in [0.25, 0.3) is 0 Å². The highest BCUT2D eigenvalue weighted by molar-refractivity contribution is 7.09. The lowest BCUT2D eigenvalue weighted by atomic mass is 9.91. The van der Waals surface area contributed by atoms with Crippen molar-refractivity contribution in [2.45, 2.75) is 33.7 Å². The molecule has 1 aromatic rings. The summed E-state index contributed by atoms with van der Waals surface area (Å²) < 4.78 is 0. The second-order valence-corrected chi connectivity index (χ2v) is 7.51. The minimum Gasteiger partial charge on any atom is -0.340 e. The first-order chi connectivity index (χ1) is 8.94. The summed E-state index contributed by atoms with van der Waals surface area (Å²) in [4.78, 5) is 18.0. The first-order valence-corrected chi connectivity index (χ1v) is 7.84. The zero-order chi connectivity index (χ0) is 13.9. The van der Waals surface area contributed by atoms with Gasteiger partial charge in [0, 0.05) is 44.0 Å². The molecule has 3 nitrogen and oxygen atoms in total. The normalized spacial score (nSPS) is 17.7. The standard InChI is InChI=1S/C15H24N2OS/c1-15(2,3)11-14(18)17-8-6-16(7-9-17)12-13-5-4-10-19-13/h4-5,10H,6-9,11-12H2,1-3H3. The predicted molar refractivity (Wildman–Crippen MR) is 80.2 cm³/mol. The minimum atomic E-state index is 0.0885. The largest absolute Gasteiger partial charge is 0.340 e. The molecular formula is C15H24N2OS. The zero-order valence-electron chi connectivity index (χ0n) is 12.2. The Morgan fingerprint density at radius 3 is 2.47 bits per heavy atom. The van der Waals surface area contributed by atoms with E-state index in [1.54, 1.807) is 0 Å². The van der Waals surface area contributed by atoms with Crippen molar-refractivity contribution >= 4 is 17.2 Å². The van der Waals surface area contributed by atoms with E-state index >= 15 is 0 Å². The predicted octanol–water partition coefficient (Wildman–Crippen LogP) is 2.83. The van der Waals surface area contributed by atoms with Gasteiger partial charge in [-0.15, -0.1) is 11.3 Å². The molecule has 1 saturated heterocycles. The topological polar surface area (TPSA) is 23.6 Å². The van der Waals surface area contributed by atoms with Gasteiger partial charge in [-0.2, -0.15) is 0 Å². The number of carbonyl (C=O) groups excluding carboxylic acids is 1. The third-order valence-corrected chi connectivity index (χ3v) is 4.23. The summed E-state index contributed by atoms with van der Waals surface area (Å²) in [5.41, 5.74) is 0.0885. The number of nitrogens with zero attached hydrogens (tertiary/aromatic N) is 2. The summed E-state index contributed by atoms with van der Waals surface area (Å²) in [6, 6.07) is 4.28. The summed E-state index contributed by atoms with van der Waals surface area (Å²) in [5, 5.41) is 2.12. The molecule has 4 heteroatoms. The molecule has 0 unspecified atom stereocenters. The molecule has 0 aliphatic carbocycles. The fraction of sp³-hybridized carbons (Fsp3) is 0.667. The highest BCUT2D eigenvalue weighted by Crippen LogP contribution is 2.21. The Bertz CT molecular complexity index is 400. The van der Waals surface area contributed by atoms with Crippen LogP contribution in [0.1, 0.15) is 32.1 Å². The summed E-state index contributed by atoms with van der Waals surface area (Å²) in [5.74, 6) is 0.309. The Balaban J connectivity index is 1.77. The molecule has 0 saturated carbocycles. The van der Waals surface area contributed by atoms with Crippen LogP contribution in [0.2, 0.25) is 0 Å². The molecule has 0 spiro atoms. The van der Waals surface area contributed by atoms with Crippen molar-refractivity contribution in [1.82, 2.24) is 9.80 Å². The van der Waals surface area contributed by atoms with Crippen LogP contribution >= 0.6 is 11.3 Å². The third kappa shape index (κ3) is 4.62. The van der Waals surface area contributed by atoms with Crippen LogP contribution in [-0.4, -0.2) is 41.9 Å². The van der Waals surface area contributed by atoms with Crippen LogP contribution in [0.15, 0.2) is 17.5 Å². The summed E-state index contributed by atoms with van der Waals surface area (Å²) in [6.45, 7) is 11.1. The van der Waals surface area contributed by atoms with Crippen LogP contribution in [0, 0.1) is 5.41 Å². The number of thiophene rings is 1. The number of piperazine rings is 1. The highest BCUT2D eigenvalue weighted by atomic mass is 32.1. The van der Waals surface area contributed by atoms with Crippen LogP contribution in [0.3, 0.4) is 0 Å². The van der Waals surface area contributed by atoms with E-state index in [1.807, 2.05) is 16.2 Å². The maximum Gasteiger partial charge on any atom is 0.223 e. The molecule has 1 aromatic heterocycles. The second-order valence-electron chi connectivity index (χ2n) is 6.47. The average molecular weight is 280 g/mol. The Kier molecular flexibility index (Phi) is 4.63. The van der Waals surface area contributed by atoms with Crippen molar-refractivity contribution in [3.05, 3.63) is 22.4 Å². The number of amides is 1. The van der Waals surface area contributed by atoms with Gasteiger partial charge in [-0.25, -0.2) is 0 Å². The molecular weight excluding hydrogens is 256 g/mol. The first-order valence-electron chi connectivity index (χ1n) is 6.96. The van der Waals surface area contributed by atoms with Gasteiger partial charge in [0.05, 0.1) is 0 Å².